The van der Waals surface area contributed by atoms with Crippen LogP contribution in [0.25, 0.3) is 0 Å². The van der Waals surface area contributed by atoms with Crippen molar-refractivity contribution in [2.75, 3.05) is 6.54 Å². The number of rotatable bonds is 4. The van der Waals surface area contributed by atoms with Crippen molar-refractivity contribution in [2.45, 2.75) is 57.5 Å². The van der Waals surface area contributed by atoms with Gasteiger partial charge >= 0.3 is 0 Å². The maximum Gasteiger partial charge on any atom is 0.0864 e. The number of nitrogens with two attached hydrogens (primary N) is 1. The summed E-state index contributed by atoms with van der Waals surface area (Å²) in [5, 5.41) is 10.3. The Morgan fingerprint density at radius 3 is 2.08 bits per heavy atom. The quantitative estimate of drug-likeness (QED) is 0.688. The molecule has 0 aromatic heterocycles. The third-order valence-electron chi connectivity index (χ3n) is 3.45. The second-order valence-corrected chi connectivity index (χ2v) is 11.0. The molecule has 1 atom stereocenters. The molecule has 0 aromatic carbocycles. The molecule has 0 aliphatic carbocycles. The van der Waals surface area contributed by atoms with Crippen LogP contribution in [-0.2, 0) is 0 Å². The van der Waals surface area contributed by atoms with Crippen LogP contribution in [-0.4, -0.2) is 25.5 Å². The number of hydrogen-bond donors (Lipinski definition) is 2. The van der Waals surface area contributed by atoms with Gasteiger partial charge < -0.3 is 10.8 Å². The minimum absolute atomic E-state index is 0.115. The van der Waals surface area contributed by atoms with Gasteiger partial charge in [-0.25, -0.2) is 0 Å². The molecule has 0 spiro atoms. The maximum absolute atomic E-state index is 10.0. The first-order valence-corrected chi connectivity index (χ1v) is 8.19. The first-order valence-electron chi connectivity index (χ1n) is 5.11. The molecule has 0 rings (SSSR count). The summed E-state index contributed by atoms with van der Waals surface area (Å²) in [6.07, 6.45) is 1.81. The van der Waals surface area contributed by atoms with E-state index in [0.717, 1.165) is 12.8 Å². The molecule has 13 heavy (non-hydrogen) atoms. The normalized spacial score (nSPS) is 15.9. The van der Waals surface area contributed by atoms with Gasteiger partial charge in [0.05, 0.1) is 8.07 Å². The van der Waals surface area contributed by atoms with E-state index < -0.39 is 8.07 Å². The van der Waals surface area contributed by atoms with Gasteiger partial charge in [-0.3, -0.25) is 0 Å². The van der Waals surface area contributed by atoms with Gasteiger partial charge in [0.1, 0.15) is 0 Å². The molecular formula is C10H25NOSi. The molecule has 0 aromatic rings. The predicted octanol–water partition coefficient (Wildman–Crippen LogP) is 2.13. The lowest BCUT2D eigenvalue weighted by atomic mass is 10.2. The third kappa shape index (κ3) is 3.41. The Kier molecular flexibility index (Phi) is 4.62. The summed E-state index contributed by atoms with van der Waals surface area (Å²) in [6, 6.07) is 0. The molecular weight excluding hydrogens is 178 g/mol. The summed E-state index contributed by atoms with van der Waals surface area (Å²) in [5.41, 5.74) is 5.32. The molecule has 2 nitrogen and oxygen atoms in total. The number of aliphatic hydroxyl groups excluding tert-OH is 1. The zero-order chi connectivity index (χ0) is 10.7. The molecule has 3 heteroatoms. The highest BCUT2D eigenvalue weighted by Gasteiger charge is 2.40. The van der Waals surface area contributed by atoms with E-state index in [9.17, 15) is 5.11 Å². The van der Waals surface area contributed by atoms with Crippen LogP contribution in [0, 0.1) is 0 Å². The highest BCUT2D eigenvalue weighted by molar-refractivity contribution is 6.81. The van der Waals surface area contributed by atoms with Crippen molar-refractivity contribution in [3.63, 3.8) is 0 Å². The highest BCUT2D eigenvalue weighted by atomic mass is 28.3. The molecule has 0 saturated carbocycles. The van der Waals surface area contributed by atoms with Crippen molar-refractivity contribution in [3.05, 3.63) is 0 Å². The smallest absolute Gasteiger partial charge is 0.0864 e. The zero-order valence-electron chi connectivity index (χ0n) is 9.72. The van der Waals surface area contributed by atoms with E-state index in [-0.39, 0.29) is 10.8 Å². The molecule has 1 unspecified atom stereocenters. The van der Waals surface area contributed by atoms with Gasteiger partial charge in [0, 0.05) is 5.73 Å². The molecule has 0 aliphatic rings. The monoisotopic (exact) mass is 203 g/mol. The van der Waals surface area contributed by atoms with Gasteiger partial charge in [-0.2, -0.15) is 0 Å². The number of hydrogen-bond acceptors (Lipinski definition) is 2. The van der Waals surface area contributed by atoms with Gasteiger partial charge in [0.15, 0.2) is 0 Å². The largest absolute Gasteiger partial charge is 0.397 e. The van der Waals surface area contributed by atoms with Gasteiger partial charge in [-0.15, -0.1) is 0 Å². The van der Waals surface area contributed by atoms with E-state index in [1.807, 2.05) is 0 Å². The Bertz CT molecular complexity index is 151. The fraction of sp³-hybridized carbons (Fsp3) is 1.00. The summed E-state index contributed by atoms with van der Waals surface area (Å²) in [7, 11) is -1.55. The lowest BCUT2D eigenvalue weighted by molar-refractivity contribution is 0.224. The van der Waals surface area contributed by atoms with E-state index in [1.165, 1.54) is 0 Å². The van der Waals surface area contributed by atoms with Crippen LogP contribution in [0.15, 0.2) is 0 Å². The Morgan fingerprint density at radius 2 is 1.77 bits per heavy atom. The van der Waals surface area contributed by atoms with Crippen molar-refractivity contribution in [2.24, 2.45) is 5.73 Å². The lowest BCUT2D eigenvalue weighted by Crippen LogP contribution is -2.49. The van der Waals surface area contributed by atoms with Crippen LogP contribution in [0.5, 0.6) is 0 Å². The van der Waals surface area contributed by atoms with E-state index >= 15 is 0 Å². The SMILES string of the molecule is CC(C)(C)[Si](C)(C)C(O)CCCN. The molecule has 0 bridgehead atoms. The minimum Gasteiger partial charge on any atom is -0.397 e. The average Bonchev–Trinajstić information content (AvgIpc) is 1.97. The van der Waals surface area contributed by atoms with Crippen molar-refractivity contribution in [1.82, 2.24) is 0 Å². The molecule has 0 saturated heterocycles. The van der Waals surface area contributed by atoms with Gasteiger partial charge in [0.25, 0.3) is 0 Å². The number of aliphatic hydroxyl groups is 1. The Balaban J connectivity index is 4.27. The van der Waals surface area contributed by atoms with Crippen molar-refractivity contribution in [3.8, 4) is 0 Å². The zero-order valence-corrected chi connectivity index (χ0v) is 10.7. The second-order valence-electron chi connectivity index (χ2n) is 5.42. The molecule has 0 amide bonds. The first kappa shape index (κ1) is 13.1. The first-order chi connectivity index (χ1) is 5.73. The highest BCUT2D eigenvalue weighted by Crippen LogP contribution is 2.38. The van der Waals surface area contributed by atoms with Crippen LogP contribution in [0.1, 0.15) is 33.6 Å². The summed E-state index contributed by atoms with van der Waals surface area (Å²) >= 11 is 0. The van der Waals surface area contributed by atoms with Crippen LogP contribution >= 0.6 is 0 Å². The van der Waals surface area contributed by atoms with Gasteiger partial charge in [-0.05, 0) is 24.4 Å². The van der Waals surface area contributed by atoms with Crippen LogP contribution in [0.2, 0.25) is 18.1 Å². The summed E-state index contributed by atoms with van der Waals surface area (Å²) < 4.78 is 0. The topological polar surface area (TPSA) is 46.2 Å². The third-order valence-corrected chi connectivity index (χ3v) is 9.27. The maximum atomic E-state index is 10.0. The lowest BCUT2D eigenvalue weighted by Gasteiger charge is -2.40. The summed E-state index contributed by atoms with van der Waals surface area (Å²) in [6.45, 7) is 11.9. The minimum atomic E-state index is -1.55. The van der Waals surface area contributed by atoms with E-state index in [2.05, 4.69) is 33.9 Å². The molecule has 0 fully saturated rings. The molecule has 0 radical (unpaired) electrons. The van der Waals surface area contributed by atoms with Crippen LogP contribution in [0.3, 0.4) is 0 Å². The predicted molar refractivity (Wildman–Crippen MR) is 61.5 cm³/mol. The Labute approximate surface area is 83.5 Å². The van der Waals surface area contributed by atoms with Gasteiger partial charge in [-0.1, -0.05) is 33.9 Å². The fourth-order valence-corrected chi connectivity index (χ4v) is 3.10. The average molecular weight is 203 g/mol. The second kappa shape index (κ2) is 4.58. The molecule has 0 aliphatic heterocycles. The fourth-order valence-electron chi connectivity index (χ4n) is 1.17. The van der Waals surface area contributed by atoms with Crippen molar-refractivity contribution >= 4 is 8.07 Å². The summed E-state index contributed by atoms with van der Waals surface area (Å²) in [5.74, 6) is 0. The molecule has 3 N–H and O–H groups in total. The Morgan fingerprint density at radius 1 is 1.31 bits per heavy atom. The van der Waals surface area contributed by atoms with E-state index in [1.54, 1.807) is 0 Å². The van der Waals surface area contributed by atoms with Crippen LogP contribution in [0.4, 0.5) is 0 Å². The van der Waals surface area contributed by atoms with E-state index in [0.29, 0.717) is 6.54 Å². The summed E-state index contributed by atoms with van der Waals surface area (Å²) in [4.78, 5) is 0. The van der Waals surface area contributed by atoms with E-state index in [4.69, 9.17) is 5.73 Å². The van der Waals surface area contributed by atoms with Gasteiger partial charge in [0.2, 0.25) is 0 Å². The molecule has 0 heterocycles. The molecule has 80 valence electrons. The van der Waals surface area contributed by atoms with Crippen molar-refractivity contribution < 1.29 is 5.11 Å². The standard InChI is InChI=1S/C10H25NOSi/c1-10(2,3)13(4,5)9(12)7-6-8-11/h9,12H,6-8,11H2,1-5H3. The Hall–Kier alpha value is 0.137. The van der Waals surface area contributed by atoms with Crippen LogP contribution < -0.4 is 5.73 Å². The van der Waals surface area contributed by atoms with Crippen molar-refractivity contribution in [1.29, 1.82) is 0 Å².